The summed E-state index contributed by atoms with van der Waals surface area (Å²) in [5, 5.41) is 0. The summed E-state index contributed by atoms with van der Waals surface area (Å²) in [5.41, 5.74) is 1.83. The molecule has 0 aromatic heterocycles. The van der Waals surface area contributed by atoms with Gasteiger partial charge in [0.15, 0.2) is 0 Å². The smallest absolute Gasteiger partial charge is 0.315 e. The molecule has 106 valence electrons. The van der Waals surface area contributed by atoms with Crippen LogP contribution in [0.2, 0.25) is 0 Å². The molecular weight excluding hydrogens is 254 g/mol. The van der Waals surface area contributed by atoms with E-state index in [9.17, 15) is 4.79 Å². The molecule has 1 aromatic carbocycles. The molecule has 2 rings (SSSR count). The third kappa shape index (κ3) is 3.26. The topological polar surface area (TPSA) is 47.9 Å². The molecule has 20 heavy (non-hydrogen) atoms. The highest BCUT2D eigenvalue weighted by Crippen LogP contribution is 2.25. The SMILES string of the molecule is CCO/C(=N\C1=C(C)CC(C)C(=O)O1)c1ccccc1. The van der Waals surface area contributed by atoms with Crippen molar-refractivity contribution in [3.8, 4) is 0 Å². The quantitative estimate of drug-likeness (QED) is 0.482. The Morgan fingerprint density at radius 3 is 2.75 bits per heavy atom. The number of hydrogen-bond acceptors (Lipinski definition) is 4. The van der Waals surface area contributed by atoms with Gasteiger partial charge in [0.25, 0.3) is 0 Å². The van der Waals surface area contributed by atoms with Gasteiger partial charge in [-0.25, -0.2) is 0 Å². The second kappa shape index (κ2) is 6.37. The van der Waals surface area contributed by atoms with E-state index in [1.165, 1.54) is 0 Å². The number of benzene rings is 1. The molecule has 1 unspecified atom stereocenters. The fourth-order valence-electron chi connectivity index (χ4n) is 2.02. The van der Waals surface area contributed by atoms with Gasteiger partial charge in [-0.15, -0.1) is 0 Å². The Kier molecular flexibility index (Phi) is 4.56. The van der Waals surface area contributed by atoms with Gasteiger partial charge in [0, 0.05) is 5.56 Å². The number of allylic oxidation sites excluding steroid dienone is 1. The molecule has 1 aliphatic rings. The van der Waals surface area contributed by atoms with Crippen molar-refractivity contribution < 1.29 is 14.3 Å². The summed E-state index contributed by atoms with van der Waals surface area (Å²) in [6, 6.07) is 9.59. The Morgan fingerprint density at radius 2 is 2.10 bits per heavy atom. The molecule has 0 N–H and O–H groups in total. The molecule has 0 bridgehead atoms. The summed E-state index contributed by atoms with van der Waals surface area (Å²) < 4.78 is 10.8. The van der Waals surface area contributed by atoms with E-state index in [1.54, 1.807) is 0 Å². The predicted octanol–water partition coefficient (Wildman–Crippen LogP) is 3.28. The van der Waals surface area contributed by atoms with Gasteiger partial charge in [0.1, 0.15) is 0 Å². The molecule has 0 radical (unpaired) electrons. The van der Waals surface area contributed by atoms with Crippen LogP contribution in [-0.4, -0.2) is 18.5 Å². The van der Waals surface area contributed by atoms with Gasteiger partial charge in [-0.3, -0.25) is 4.79 Å². The van der Waals surface area contributed by atoms with Crippen LogP contribution in [0.25, 0.3) is 0 Å². The molecule has 1 heterocycles. The Balaban J connectivity index is 2.34. The summed E-state index contributed by atoms with van der Waals surface area (Å²) in [7, 11) is 0. The number of ether oxygens (including phenoxy) is 2. The molecule has 0 saturated carbocycles. The lowest BCUT2D eigenvalue weighted by Gasteiger charge is -2.20. The number of esters is 1. The molecule has 4 nitrogen and oxygen atoms in total. The standard InChI is InChI=1S/C16H19NO3/c1-4-19-15(13-8-6-5-7-9-13)17-14-11(2)10-12(3)16(18)20-14/h5-9,12H,4,10H2,1-3H3/b17-15-. The lowest BCUT2D eigenvalue weighted by Crippen LogP contribution is -2.21. The molecule has 0 amide bonds. The highest BCUT2D eigenvalue weighted by atomic mass is 16.6. The van der Waals surface area contributed by atoms with Crippen LogP contribution in [0.1, 0.15) is 32.8 Å². The number of carbonyl (C=O) groups excluding carboxylic acids is 1. The second-order valence-corrected chi connectivity index (χ2v) is 4.83. The van der Waals surface area contributed by atoms with Gasteiger partial charge >= 0.3 is 5.97 Å². The maximum absolute atomic E-state index is 11.7. The summed E-state index contributed by atoms with van der Waals surface area (Å²) in [6.07, 6.45) is 0.672. The summed E-state index contributed by atoms with van der Waals surface area (Å²) in [4.78, 5) is 16.1. The van der Waals surface area contributed by atoms with Crippen molar-refractivity contribution in [3.05, 3.63) is 47.4 Å². The first-order valence-electron chi connectivity index (χ1n) is 6.80. The van der Waals surface area contributed by atoms with Crippen molar-refractivity contribution in [1.29, 1.82) is 0 Å². The fraction of sp³-hybridized carbons (Fsp3) is 0.375. The van der Waals surface area contributed by atoms with Crippen molar-refractivity contribution in [2.24, 2.45) is 10.9 Å². The molecule has 4 heteroatoms. The van der Waals surface area contributed by atoms with Crippen LogP contribution in [0.4, 0.5) is 0 Å². The minimum Gasteiger partial charge on any atom is -0.477 e. The van der Waals surface area contributed by atoms with E-state index in [1.807, 2.05) is 51.1 Å². The number of nitrogens with zero attached hydrogens (tertiary/aromatic N) is 1. The van der Waals surface area contributed by atoms with Gasteiger partial charge in [-0.05, 0) is 38.0 Å². The van der Waals surface area contributed by atoms with Gasteiger partial charge in [-0.2, -0.15) is 4.99 Å². The van der Waals surface area contributed by atoms with E-state index in [-0.39, 0.29) is 11.9 Å². The Hall–Kier alpha value is -2.10. The van der Waals surface area contributed by atoms with Crippen LogP contribution in [0.5, 0.6) is 0 Å². The van der Waals surface area contributed by atoms with Crippen LogP contribution >= 0.6 is 0 Å². The lowest BCUT2D eigenvalue weighted by atomic mass is 10.0. The first-order chi connectivity index (χ1) is 9.61. The van der Waals surface area contributed by atoms with Gasteiger partial charge in [0.05, 0.1) is 12.5 Å². The molecule has 1 aromatic rings. The van der Waals surface area contributed by atoms with Crippen molar-refractivity contribution in [2.75, 3.05) is 6.61 Å². The molecule has 0 spiro atoms. The van der Waals surface area contributed by atoms with E-state index in [0.717, 1.165) is 11.1 Å². The van der Waals surface area contributed by atoms with Crippen LogP contribution in [0, 0.1) is 5.92 Å². The van der Waals surface area contributed by atoms with Crippen LogP contribution < -0.4 is 0 Å². The van der Waals surface area contributed by atoms with E-state index >= 15 is 0 Å². The van der Waals surface area contributed by atoms with Crippen LogP contribution in [-0.2, 0) is 14.3 Å². The predicted molar refractivity (Wildman–Crippen MR) is 77.2 cm³/mol. The maximum Gasteiger partial charge on any atom is 0.315 e. The van der Waals surface area contributed by atoms with E-state index in [2.05, 4.69) is 4.99 Å². The third-order valence-corrected chi connectivity index (χ3v) is 3.08. The fourth-order valence-corrected chi connectivity index (χ4v) is 2.02. The van der Waals surface area contributed by atoms with Crippen LogP contribution in [0.3, 0.4) is 0 Å². The van der Waals surface area contributed by atoms with Crippen LogP contribution in [0.15, 0.2) is 46.8 Å². The minimum absolute atomic E-state index is 0.110. The monoisotopic (exact) mass is 273 g/mol. The zero-order valence-electron chi connectivity index (χ0n) is 12.1. The molecule has 1 aliphatic heterocycles. The highest BCUT2D eigenvalue weighted by molar-refractivity contribution is 5.94. The zero-order valence-corrected chi connectivity index (χ0v) is 12.1. The van der Waals surface area contributed by atoms with Gasteiger partial charge in [-0.1, -0.05) is 25.1 Å². The zero-order chi connectivity index (χ0) is 14.5. The first kappa shape index (κ1) is 14.3. The number of cyclic esters (lactones) is 1. The average molecular weight is 273 g/mol. The second-order valence-electron chi connectivity index (χ2n) is 4.83. The summed E-state index contributed by atoms with van der Waals surface area (Å²) >= 11 is 0. The summed E-state index contributed by atoms with van der Waals surface area (Å²) in [5.74, 6) is 0.490. The van der Waals surface area contributed by atoms with E-state index in [4.69, 9.17) is 9.47 Å². The van der Waals surface area contributed by atoms with E-state index in [0.29, 0.717) is 24.8 Å². The van der Waals surface area contributed by atoms with Gasteiger partial charge < -0.3 is 9.47 Å². The largest absolute Gasteiger partial charge is 0.477 e. The molecular formula is C16H19NO3. The normalized spacial score (nSPS) is 19.9. The third-order valence-electron chi connectivity index (χ3n) is 3.08. The van der Waals surface area contributed by atoms with Crippen molar-refractivity contribution in [3.63, 3.8) is 0 Å². The minimum atomic E-state index is -0.238. The number of hydrogen-bond donors (Lipinski definition) is 0. The van der Waals surface area contributed by atoms with Crippen molar-refractivity contribution in [1.82, 2.24) is 0 Å². The number of aliphatic imine (C=N–C) groups is 1. The lowest BCUT2D eigenvalue weighted by molar-refractivity contribution is -0.145. The number of carbonyl (C=O) groups is 1. The van der Waals surface area contributed by atoms with E-state index < -0.39 is 0 Å². The molecule has 0 fully saturated rings. The molecule has 1 atom stereocenters. The Morgan fingerprint density at radius 1 is 1.40 bits per heavy atom. The highest BCUT2D eigenvalue weighted by Gasteiger charge is 2.25. The number of rotatable bonds is 3. The maximum atomic E-state index is 11.7. The Labute approximate surface area is 119 Å². The van der Waals surface area contributed by atoms with Gasteiger partial charge in [0.2, 0.25) is 11.8 Å². The molecule has 0 aliphatic carbocycles. The average Bonchev–Trinajstić information content (AvgIpc) is 2.45. The Bertz CT molecular complexity index is 546. The van der Waals surface area contributed by atoms with Crippen molar-refractivity contribution >= 4 is 11.9 Å². The van der Waals surface area contributed by atoms with Crippen molar-refractivity contribution in [2.45, 2.75) is 27.2 Å². The first-order valence-corrected chi connectivity index (χ1v) is 6.80. The summed E-state index contributed by atoms with van der Waals surface area (Å²) in [6.45, 7) is 6.18. The molecule has 0 saturated heterocycles.